The van der Waals surface area contributed by atoms with Crippen molar-refractivity contribution in [3.05, 3.63) is 0 Å². The average Bonchev–Trinajstić information content (AvgIpc) is 2.35. The van der Waals surface area contributed by atoms with Crippen molar-refractivity contribution in [3.63, 3.8) is 0 Å². The molecule has 2 saturated heterocycles. The van der Waals surface area contributed by atoms with Crippen LogP contribution < -0.4 is 0 Å². The molecular weight excluding hydrogens is 228 g/mol. The van der Waals surface area contributed by atoms with Gasteiger partial charge in [-0.3, -0.25) is 9.69 Å². The molecule has 2 fully saturated rings. The monoisotopic (exact) mass is 254 g/mol. The molecule has 4 nitrogen and oxygen atoms in total. The molecule has 2 rings (SSSR count). The van der Waals surface area contributed by atoms with E-state index in [-0.39, 0.29) is 6.04 Å². The summed E-state index contributed by atoms with van der Waals surface area (Å²) in [4.78, 5) is 16.0. The second kappa shape index (κ2) is 6.02. The number of piperidine rings is 2. The van der Waals surface area contributed by atoms with Crippen molar-refractivity contribution >= 4 is 5.97 Å². The van der Waals surface area contributed by atoms with Gasteiger partial charge in [0, 0.05) is 19.1 Å². The number of nitrogens with zero attached hydrogens (tertiary/aromatic N) is 2. The van der Waals surface area contributed by atoms with Crippen LogP contribution in [-0.4, -0.2) is 59.6 Å². The third-order valence-corrected chi connectivity index (χ3v) is 4.67. The fourth-order valence-corrected chi connectivity index (χ4v) is 3.70. The molecule has 0 aromatic heterocycles. The van der Waals surface area contributed by atoms with Crippen molar-refractivity contribution in [3.8, 4) is 0 Å². The summed E-state index contributed by atoms with van der Waals surface area (Å²) >= 11 is 0. The minimum absolute atomic E-state index is 0.261. The summed E-state index contributed by atoms with van der Waals surface area (Å²) in [7, 11) is 2.22. The number of fused-ring (bicyclic) bond motifs is 1. The predicted molar refractivity (Wildman–Crippen MR) is 71.7 cm³/mol. The molecule has 0 radical (unpaired) electrons. The lowest BCUT2D eigenvalue weighted by molar-refractivity contribution is -0.145. The van der Waals surface area contributed by atoms with Gasteiger partial charge in [0.2, 0.25) is 0 Å². The number of rotatable bonds is 4. The Labute approximate surface area is 110 Å². The molecule has 104 valence electrons. The molecule has 3 atom stereocenters. The van der Waals surface area contributed by atoms with Crippen LogP contribution in [0.4, 0.5) is 0 Å². The highest BCUT2D eigenvalue weighted by atomic mass is 16.4. The maximum Gasteiger partial charge on any atom is 0.320 e. The highest BCUT2D eigenvalue weighted by molar-refractivity contribution is 5.73. The Kier molecular flexibility index (Phi) is 4.62. The first-order valence-electron chi connectivity index (χ1n) is 7.30. The summed E-state index contributed by atoms with van der Waals surface area (Å²) in [5.74, 6) is 0.0377. The van der Waals surface area contributed by atoms with Crippen LogP contribution in [0.5, 0.6) is 0 Å². The first-order valence-corrected chi connectivity index (χ1v) is 7.30. The number of carbonyl (C=O) groups is 1. The maximum absolute atomic E-state index is 11.4. The minimum Gasteiger partial charge on any atom is -0.480 e. The molecule has 0 spiro atoms. The van der Waals surface area contributed by atoms with E-state index in [0.29, 0.717) is 12.0 Å². The highest BCUT2D eigenvalue weighted by Gasteiger charge is 2.37. The number of carboxylic acids is 1. The lowest BCUT2D eigenvalue weighted by atomic mass is 9.83. The Morgan fingerprint density at radius 3 is 2.83 bits per heavy atom. The van der Waals surface area contributed by atoms with Crippen molar-refractivity contribution in [2.75, 3.05) is 26.7 Å². The lowest BCUT2D eigenvalue weighted by Gasteiger charge is -2.47. The summed E-state index contributed by atoms with van der Waals surface area (Å²) in [6.45, 7) is 5.20. The molecule has 2 aliphatic rings. The van der Waals surface area contributed by atoms with Crippen LogP contribution in [0.3, 0.4) is 0 Å². The molecule has 0 amide bonds. The normalized spacial score (nSPS) is 31.9. The van der Waals surface area contributed by atoms with E-state index >= 15 is 0 Å². The molecule has 3 unspecified atom stereocenters. The standard InChI is InChI=1S/C14H26N2O2/c1-3-5-13(14(17)18)16-9-7-12-11(10-16)6-4-8-15(12)2/h11-13H,3-10H2,1-2H3,(H,17,18). The Hall–Kier alpha value is -0.610. The van der Waals surface area contributed by atoms with Gasteiger partial charge < -0.3 is 10.0 Å². The van der Waals surface area contributed by atoms with E-state index in [9.17, 15) is 9.90 Å². The third-order valence-electron chi connectivity index (χ3n) is 4.67. The van der Waals surface area contributed by atoms with Crippen LogP contribution in [0.2, 0.25) is 0 Å². The topological polar surface area (TPSA) is 43.8 Å². The summed E-state index contributed by atoms with van der Waals surface area (Å²) in [6, 6.07) is 0.425. The van der Waals surface area contributed by atoms with E-state index in [4.69, 9.17) is 0 Å². The van der Waals surface area contributed by atoms with Gasteiger partial charge in [0.1, 0.15) is 6.04 Å². The van der Waals surface area contributed by atoms with Gasteiger partial charge in [-0.05, 0) is 45.2 Å². The van der Waals surface area contributed by atoms with E-state index in [1.165, 1.54) is 19.4 Å². The Morgan fingerprint density at radius 2 is 2.17 bits per heavy atom. The summed E-state index contributed by atoms with van der Waals surface area (Å²) < 4.78 is 0. The van der Waals surface area contributed by atoms with Gasteiger partial charge in [0.25, 0.3) is 0 Å². The van der Waals surface area contributed by atoms with Gasteiger partial charge in [-0.2, -0.15) is 0 Å². The lowest BCUT2D eigenvalue weighted by Crippen LogP contribution is -2.56. The molecule has 0 aromatic rings. The summed E-state index contributed by atoms with van der Waals surface area (Å²) in [5.41, 5.74) is 0. The molecule has 1 N–H and O–H groups in total. The number of aliphatic carboxylic acids is 1. The molecule has 2 aliphatic heterocycles. The van der Waals surface area contributed by atoms with E-state index in [0.717, 1.165) is 32.4 Å². The van der Waals surface area contributed by atoms with Crippen molar-refractivity contribution in [1.82, 2.24) is 9.80 Å². The predicted octanol–water partition coefficient (Wildman–Crippen LogP) is 1.66. The van der Waals surface area contributed by atoms with Gasteiger partial charge in [-0.1, -0.05) is 13.3 Å². The second-order valence-corrected chi connectivity index (χ2v) is 5.88. The smallest absolute Gasteiger partial charge is 0.320 e. The molecule has 4 heteroatoms. The van der Waals surface area contributed by atoms with Gasteiger partial charge >= 0.3 is 5.97 Å². The van der Waals surface area contributed by atoms with Crippen LogP contribution in [0, 0.1) is 5.92 Å². The number of hydrogen-bond acceptors (Lipinski definition) is 3. The van der Waals surface area contributed by atoms with Gasteiger partial charge in [0.05, 0.1) is 0 Å². The zero-order valence-electron chi connectivity index (χ0n) is 11.6. The quantitative estimate of drug-likeness (QED) is 0.828. The zero-order chi connectivity index (χ0) is 13.1. The van der Waals surface area contributed by atoms with Crippen LogP contribution in [0.25, 0.3) is 0 Å². The Balaban J connectivity index is 1.98. The van der Waals surface area contributed by atoms with Crippen molar-refractivity contribution in [1.29, 1.82) is 0 Å². The third kappa shape index (κ3) is 2.86. The Bertz CT molecular complexity index is 296. The van der Waals surface area contributed by atoms with E-state index in [1.54, 1.807) is 0 Å². The van der Waals surface area contributed by atoms with Crippen molar-refractivity contribution in [2.45, 2.75) is 51.1 Å². The van der Waals surface area contributed by atoms with Crippen molar-refractivity contribution < 1.29 is 9.90 Å². The number of likely N-dealkylation sites (tertiary alicyclic amines) is 2. The highest BCUT2D eigenvalue weighted by Crippen LogP contribution is 2.30. The zero-order valence-corrected chi connectivity index (χ0v) is 11.6. The van der Waals surface area contributed by atoms with E-state index in [1.807, 2.05) is 0 Å². The van der Waals surface area contributed by atoms with E-state index < -0.39 is 5.97 Å². The van der Waals surface area contributed by atoms with Crippen LogP contribution in [0.15, 0.2) is 0 Å². The minimum atomic E-state index is -0.639. The first-order chi connectivity index (χ1) is 8.63. The van der Waals surface area contributed by atoms with Crippen LogP contribution in [-0.2, 0) is 4.79 Å². The average molecular weight is 254 g/mol. The number of hydrogen-bond donors (Lipinski definition) is 1. The number of carboxylic acid groups (broad SMARTS) is 1. The summed E-state index contributed by atoms with van der Waals surface area (Å²) in [5, 5.41) is 9.35. The molecule has 0 saturated carbocycles. The molecule has 18 heavy (non-hydrogen) atoms. The molecule has 2 heterocycles. The fraction of sp³-hybridized carbons (Fsp3) is 0.929. The molecular formula is C14H26N2O2. The van der Waals surface area contributed by atoms with Gasteiger partial charge in [-0.25, -0.2) is 0 Å². The van der Waals surface area contributed by atoms with Gasteiger partial charge in [-0.15, -0.1) is 0 Å². The molecule has 0 aromatic carbocycles. The molecule has 0 aliphatic carbocycles. The van der Waals surface area contributed by atoms with Crippen LogP contribution in [0.1, 0.15) is 39.0 Å². The maximum atomic E-state index is 11.4. The summed E-state index contributed by atoms with van der Waals surface area (Å²) in [6.07, 6.45) is 5.39. The van der Waals surface area contributed by atoms with Crippen LogP contribution >= 0.6 is 0 Å². The SMILES string of the molecule is CCCC(C(=O)O)N1CCC2C(CCCN2C)C1. The fourth-order valence-electron chi connectivity index (χ4n) is 3.70. The first kappa shape index (κ1) is 13.8. The largest absolute Gasteiger partial charge is 0.480 e. The Morgan fingerprint density at radius 1 is 1.39 bits per heavy atom. The second-order valence-electron chi connectivity index (χ2n) is 5.88. The van der Waals surface area contributed by atoms with E-state index in [2.05, 4.69) is 23.8 Å². The molecule has 0 bridgehead atoms. The van der Waals surface area contributed by atoms with Crippen molar-refractivity contribution in [2.24, 2.45) is 5.92 Å². The van der Waals surface area contributed by atoms with Gasteiger partial charge in [0.15, 0.2) is 0 Å².